The van der Waals surface area contributed by atoms with Gasteiger partial charge in [0, 0.05) is 30.9 Å². The molecule has 0 aliphatic carbocycles. The van der Waals surface area contributed by atoms with Crippen LogP contribution in [0.3, 0.4) is 0 Å². The predicted octanol–water partition coefficient (Wildman–Crippen LogP) is 1.37. The maximum atomic E-state index is 4.51. The average Bonchev–Trinajstić information content (AvgIpc) is 2.72. The summed E-state index contributed by atoms with van der Waals surface area (Å²) in [4.78, 5) is 4.69. The minimum atomic E-state index is 0.548. The summed E-state index contributed by atoms with van der Waals surface area (Å²) >= 11 is 4.51. The van der Waals surface area contributed by atoms with Crippen LogP contribution in [-0.4, -0.2) is 47.8 Å². The van der Waals surface area contributed by atoms with E-state index in [9.17, 15) is 0 Å². The standard InChI is InChI=1S/C11H18N2S/c1-12-9-11(14)8-10(12)4-7-13-5-2-3-6-13/h2-4,7,10-11,14H,5-6,8-9H2,1H3/b7-4+/t10-,11+/m1/s1. The van der Waals surface area contributed by atoms with Crippen molar-refractivity contribution in [2.45, 2.75) is 17.7 Å². The largest absolute Gasteiger partial charge is 0.370 e. The number of nitrogens with zero attached hydrogens (tertiary/aromatic N) is 2. The molecule has 0 saturated carbocycles. The second-order valence-corrected chi connectivity index (χ2v) is 4.89. The molecule has 0 aromatic rings. The van der Waals surface area contributed by atoms with Crippen LogP contribution in [0.25, 0.3) is 0 Å². The fourth-order valence-electron chi connectivity index (χ4n) is 2.06. The molecule has 2 rings (SSSR count). The topological polar surface area (TPSA) is 6.48 Å². The Kier molecular flexibility index (Phi) is 3.19. The van der Waals surface area contributed by atoms with Gasteiger partial charge in [-0.1, -0.05) is 18.2 Å². The number of rotatable bonds is 2. The molecule has 1 fully saturated rings. The van der Waals surface area contributed by atoms with E-state index >= 15 is 0 Å². The first-order chi connectivity index (χ1) is 6.75. The SMILES string of the molecule is CN1C[C@@H](S)C[C@H]1/C=C/N1CC=CC1. The zero-order valence-electron chi connectivity index (χ0n) is 8.63. The van der Waals surface area contributed by atoms with E-state index < -0.39 is 0 Å². The molecule has 0 spiro atoms. The van der Waals surface area contributed by atoms with Crippen LogP contribution in [0.2, 0.25) is 0 Å². The van der Waals surface area contributed by atoms with Gasteiger partial charge < -0.3 is 4.90 Å². The summed E-state index contributed by atoms with van der Waals surface area (Å²) in [5.41, 5.74) is 0. The van der Waals surface area contributed by atoms with Crippen LogP contribution in [0.5, 0.6) is 0 Å². The Balaban J connectivity index is 1.84. The molecule has 0 unspecified atom stereocenters. The Bertz CT molecular complexity index is 242. The van der Waals surface area contributed by atoms with Crippen molar-refractivity contribution >= 4 is 12.6 Å². The third-order valence-electron chi connectivity index (χ3n) is 2.94. The smallest absolute Gasteiger partial charge is 0.0358 e. The Morgan fingerprint density at radius 1 is 1.36 bits per heavy atom. The Labute approximate surface area is 91.7 Å². The highest BCUT2D eigenvalue weighted by Crippen LogP contribution is 2.20. The van der Waals surface area contributed by atoms with Crippen molar-refractivity contribution in [3.63, 3.8) is 0 Å². The second-order valence-electron chi connectivity index (χ2n) is 4.16. The average molecular weight is 210 g/mol. The lowest BCUT2D eigenvalue weighted by molar-refractivity contribution is 0.353. The summed E-state index contributed by atoms with van der Waals surface area (Å²) in [6.45, 7) is 3.24. The van der Waals surface area contributed by atoms with Gasteiger partial charge in [0.15, 0.2) is 0 Å². The molecular formula is C11H18N2S. The van der Waals surface area contributed by atoms with Crippen LogP contribution in [0.15, 0.2) is 24.4 Å². The van der Waals surface area contributed by atoms with Crippen molar-refractivity contribution in [2.24, 2.45) is 0 Å². The van der Waals surface area contributed by atoms with Crippen molar-refractivity contribution in [3.8, 4) is 0 Å². The first-order valence-corrected chi connectivity index (χ1v) is 5.73. The fourth-order valence-corrected chi connectivity index (χ4v) is 2.54. The molecule has 0 aromatic heterocycles. The lowest BCUT2D eigenvalue weighted by Gasteiger charge is -2.17. The molecule has 2 atom stereocenters. The van der Waals surface area contributed by atoms with Gasteiger partial charge in [0.2, 0.25) is 0 Å². The van der Waals surface area contributed by atoms with Crippen LogP contribution in [0.1, 0.15) is 6.42 Å². The molecule has 3 heteroatoms. The number of hydrogen-bond acceptors (Lipinski definition) is 3. The molecule has 0 amide bonds. The number of thiol groups is 1. The molecule has 0 radical (unpaired) electrons. The van der Waals surface area contributed by atoms with Crippen molar-refractivity contribution < 1.29 is 0 Å². The van der Waals surface area contributed by atoms with Gasteiger partial charge >= 0.3 is 0 Å². The lowest BCUT2D eigenvalue weighted by Crippen LogP contribution is -2.24. The van der Waals surface area contributed by atoms with Gasteiger partial charge in [-0.15, -0.1) is 0 Å². The van der Waals surface area contributed by atoms with Crippen LogP contribution in [-0.2, 0) is 0 Å². The monoisotopic (exact) mass is 210 g/mol. The van der Waals surface area contributed by atoms with E-state index in [2.05, 4.69) is 53.9 Å². The third kappa shape index (κ3) is 2.34. The summed E-state index contributed by atoms with van der Waals surface area (Å²) in [5.74, 6) is 0. The second kappa shape index (κ2) is 4.41. The quantitative estimate of drug-likeness (QED) is 0.543. The Morgan fingerprint density at radius 3 is 2.64 bits per heavy atom. The van der Waals surface area contributed by atoms with Crippen LogP contribution in [0.4, 0.5) is 0 Å². The highest BCUT2D eigenvalue weighted by Gasteiger charge is 2.24. The van der Waals surface area contributed by atoms with Gasteiger partial charge in [0.25, 0.3) is 0 Å². The summed E-state index contributed by atoms with van der Waals surface area (Å²) in [6, 6.07) is 0.582. The Hall–Kier alpha value is -0.410. The zero-order chi connectivity index (χ0) is 9.97. The van der Waals surface area contributed by atoms with Crippen molar-refractivity contribution in [1.82, 2.24) is 9.80 Å². The lowest BCUT2D eigenvalue weighted by atomic mass is 10.2. The highest BCUT2D eigenvalue weighted by molar-refractivity contribution is 7.81. The van der Waals surface area contributed by atoms with E-state index in [1.54, 1.807) is 0 Å². The van der Waals surface area contributed by atoms with Crippen molar-refractivity contribution in [1.29, 1.82) is 0 Å². The number of likely N-dealkylation sites (tertiary alicyclic amines) is 1. The molecule has 0 bridgehead atoms. The molecule has 2 aliphatic heterocycles. The first kappa shape index (κ1) is 10.1. The minimum absolute atomic E-state index is 0.548. The van der Waals surface area contributed by atoms with Crippen LogP contribution in [0, 0.1) is 0 Å². The van der Waals surface area contributed by atoms with Crippen LogP contribution >= 0.6 is 12.6 Å². The highest BCUT2D eigenvalue weighted by atomic mass is 32.1. The third-order valence-corrected chi connectivity index (χ3v) is 3.32. The van der Waals surface area contributed by atoms with E-state index in [0.717, 1.165) is 19.6 Å². The summed E-state index contributed by atoms with van der Waals surface area (Å²) in [7, 11) is 2.17. The molecule has 2 aliphatic rings. The number of hydrogen-bond donors (Lipinski definition) is 1. The molecule has 0 N–H and O–H groups in total. The van der Waals surface area contributed by atoms with Gasteiger partial charge in [-0.3, -0.25) is 4.90 Å². The summed E-state index contributed by atoms with van der Waals surface area (Å²) < 4.78 is 0. The molecule has 78 valence electrons. The van der Waals surface area contributed by atoms with Gasteiger partial charge in [-0.2, -0.15) is 12.6 Å². The molecule has 2 heterocycles. The van der Waals surface area contributed by atoms with Crippen molar-refractivity contribution in [2.75, 3.05) is 26.7 Å². The van der Waals surface area contributed by atoms with E-state index in [1.807, 2.05) is 0 Å². The fraction of sp³-hybridized carbons (Fsp3) is 0.636. The molecule has 1 saturated heterocycles. The Morgan fingerprint density at radius 2 is 2.07 bits per heavy atom. The maximum absolute atomic E-state index is 4.51. The molecule has 0 aromatic carbocycles. The van der Waals surface area contributed by atoms with Crippen molar-refractivity contribution in [3.05, 3.63) is 24.4 Å². The van der Waals surface area contributed by atoms with E-state index in [4.69, 9.17) is 0 Å². The minimum Gasteiger partial charge on any atom is -0.370 e. The molecule has 14 heavy (non-hydrogen) atoms. The molecular weight excluding hydrogens is 192 g/mol. The van der Waals surface area contributed by atoms with Gasteiger partial charge in [0.05, 0.1) is 0 Å². The maximum Gasteiger partial charge on any atom is 0.0358 e. The van der Waals surface area contributed by atoms with Gasteiger partial charge in [0.1, 0.15) is 0 Å². The van der Waals surface area contributed by atoms with E-state index in [1.165, 1.54) is 6.42 Å². The normalized spacial score (nSPS) is 33.7. The predicted molar refractivity (Wildman–Crippen MR) is 63.7 cm³/mol. The van der Waals surface area contributed by atoms with Crippen LogP contribution < -0.4 is 0 Å². The molecule has 2 nitrogen and oxygen atoms in total. The van der Waals surface area contributed by atoms with Gasteiger partial charge in [-0.25, -0.2) is 0 Å². The number of likely N-dealkylation sites (N-methyl/N-ethyl adjacent to an activating group) is 1. The van der Waals surface area contributed by atoms with Gasteiger partial charge in [-0.05, 0) is 19.7 Å². The zero-order valence-corrected chi connectivity index (χ0v) is 9.53. The summed E-state index contributed by atoms with van der Waals surface area (Å²) in [6.07, 6.45) is 10.1. The van der Waals surface area contributed by atoms with E-state index in [0.29, 0.717) is 11.3 Å². The van der Waals surface area contributed by atoms with E-state index in [-0.39, 0.29) is 0 Å². The first-order valence-electron chi connectivity index (χ1n) is 5.21. The summed E-state index contributed by atoms with van der Waals surface area (Å²) in [5, 5.41) is 0.548.